The average Bonchev–Trinajstić information content (AvgIpc) is 2.65. The minimum absolute atomic E-state index is 0.0222. The third kappa shape index (κ3) is 5.62. The molecule has 1 aliphatic heterocycles. The molecular formula is C20H27F3N2O3. The largest absolute Gasteiger partial charge is 0.491 e. The van der Waals surface area contributed by atoms with Gasteiger partial charge in [-0.15, -0.1) is 0 Å². The number of hydrogen-bond acceptors (Lipinski definition) is 3. The van der Waals surface area contributed by atoms with Crippen molar-refractivity contribution in [3.8, 4) is 5.75 Å². The smallest absolute Gasteiger partial charge is 0.416 e. The maximum atomic E-state index is 13.0. The van der Waals surface area contributed by atoms with Gasteiger partial charge in [0.1, 0.15) is 5.75 Å². The van der Waals surface area contributed by atoms with E-state index in [9.17, 15) is 22.8 Å². The SMILES string of the molecule is CCCOc1ccc(C(F)(F)F)cc1NC(=O)C1CCN(C(=O)C(C)C)CC1. The van der Waals surface area contributed by atoms with Crippen LogP contribution in [0.1, 0.15) is 45.6 Å². The summed E-state index contributed by atoms with van der Waals surface area (Å²) >= 11 is 0. The maximum absolute atomic E-state index is 13.0. The molecule has 1 aromatic carbocycles. The topological polar surface area (TPSA) is 58.6 Å². The minimum atomic E-state index is -4.51. The number of benzene rings is 1. The number of likely N-dealkylation sites (tertiary alicyclic amines) is 1. The summed E-state index contributed by atoms with van der Waals surface area (Å²) in [4.78, 5) is 26.4. The number of rotatable bonds is 6. The number of carbonyl (C=O) groups excluding carboxylic acids is 2. The summed E-state index contributed by atoms with van der Waals surface area (Å²) < 4.78 is 44.6. The molecule has 0 radical (unpaired) electrons. The van der Waals surface area contributed by atoms with E-state index in [1.165, 1.54) is 6.07 Å². The van der Waals surface area contributed by atoms with E-state index in [1.807, 2.05) is 20.8 Å². The molecule has 0 aliphatic carbocycles. The lowest BCUT2D eigenvalue weighted by Crippen LogP contribution is -2.43. The summed E-state index contributed by atoms with van der Waals surface area (Å²) in [6.45, 7) is 6.81. The first-order chi connectivity index (χ1) is 13.1. The molecule has 5 nitrogen and oxygen atoms in total. The Kier molecular flexibility index (Phi) is 7.32. The van der Waals surface area contributed by atoms with Crippen LogP contribution in [0.25, 0.3) is 0 Å². The fraction of sp³-hybridized carbons (Fsp3) is 0.600. The monoisotopic (exact) mass is 400 g/mol. The Hall–Kier alpha value is -2.25. The molecule has 0 bridgehead atoms. The van der Waals surface area contributed by atoms with Crippen molar-refractivity contribution in [2.75, 3.05) is 25.0 Å². The van der Waals surface area contributed by atoms with Gasteiger partial charge >= 0.3 is 6.18 Å². The number of halogens is 3. The van der Waals surface area contributed by atoms with Gasteiger partial charge in [0, 0.05) is 24.9 Å². The number of ether oxygens (including phenoxy) is 1. The third-order valence-electron chi connectivity index (χ3n) is 4.70. The molecule has 1 aliphatic rings. The van der Waals surface area contributed by atoms with Crippen LogP contribution in [0.5, 0.6) is 5.75 Å². The molecular weight excluding hydrogens is 373 g/mol. The Bertz CT molecular complexity index is 696. The van der Waals surface area contributed by atoms with Crippen LogP contribution in [-0.4, -0.2) is 36.4 Å². The lowest BCUT2D eigenvalue weighted by molar-refractivity contribution is -0.137. The zero-order valence-corrected chi connectivity index (χ0v) is 16.4. The highest BCUT2D eigenvalue weighted by atomic mass is 19.4. The highest BCUT2D eigenvalue weighted by molar-refractivity contribution is 5.94. The molecule has 1 aromatic rings. The molecule has 1 N–H and O–H groups in total. The predicted molar refractivity (Wildman–Crippen MR) is 100 cm³/mol. The van der Waals surface area contributed by atoms with Gasteiger partial charge in [-0.2, -0.15) is 13.2 Å². The van der Waals surface area contributed by atoms with Crippen LogP contribution in [-0.2, 0) is 15.8 Å². The zero-order chi connectivity index (χ0) is 20.9. The summed E-state index contributed by atoms with van der Waals surface area (Å²) in [7, 11) is 0. The summed E-state index contributed by atoms with van der Waals surface area (Å²) in [6, 6.07) is 3.08. The standard InChI is InChI=1S/C20H27F3N2O3/c1-4-11-28-17-6-5-15(20(21,22)23)12-16(17)24-18(26)14-7-9-25(10-8-14)19(27)13(2)3/h5-6,12-14H,4,7-11H2,1-3H3,(H,24,26). The summed E-state index contributed by atoms with van der Waals surface area (Å²) in [6.07, 6.45) is -2.86. The Morgan fingerprint density at radius 3 is 2.43 bits per heavy atom. The van der Waals surface area contributed by atoms with E-state index in [0.29, 0.717) is 39.0 Å². The Labute approximate surface area is 163 Å². The highest BCUT2D eigenvalue weighted by Crippen LogP contribution is 2.35. The fourth-order valence-electron chi connectivity index (χ4n) is 3.10. The second kappa shape index (κ2) is 9.30. The van der Waals surface area contributed by atoms with Gasteiger partial charge in [0.15, 0.2) is 0 Å². The number of nitrogens with zero attached hydrogens (tertiary/aromatic N) is 1. The zero-order valence-electron chi connectivity index (χ0n) is 16.4. The third-order valence-corrected chi connectivity index (χ3v) is 4.70. The van der Waals surface area contributed by atoms with Crippen LogP contribution in [0.3, 0.4) is 0 Å². The summed E-state index contributed by atoms with van der Waals surface area (Å²) in [5.74, 6) is -0.543. The first-order valence-electron chi connectivity index (χ1n) is 9.57. The molecule has 1 heterocycles. The van der Waals surface area contributed by atoms with Crippen molar-refractivity contribution in [1.29, 1.82) is 0 Å². The van der Waals surface area contributed by atoms with Crippen molar-refractivity contribution in [2.24, 2.45) is 11.8 Å². The van der Waals surface area contributed by atoms with E-state index in [-0.39, 0.29) is 35.1 Å². The molecule has 0 unspecified atom stereocenters. The molecule has 2 rings (SSSR count). The van der Waals surface area contributed by atoms with E-state index in [0.717, 1.165) is 12.1 Å². The molecule has 2 amide bonds. The Balaban J connectivity index is 2.09. The second-order valence-corrected chi connectivity index (χ2v) is 7.30. The first-order valence-corrected chi connectivity index (χ1v) is 9.57. The van der Waals surface area contributed by atoms with Crippen LogP contribution < -0.4 is 10.1 Å². The van der Waals surface area contributed by atoms with Crippen LogP contribution in [0.4, 0.5) is 18.9 Å². The second-order valence-electron chi connectivity index (χ2n) is 7.30. The van der Waals surface area contributed by atoms with Gasteiger partial charge < -0.3 is 15.0 Å². The number of carbonyl (C=O) groups is 2. The van der Waals surface area contributed by atoms with Crippen molar-refractivity contribution < 1.29 is 27.5 Å². The van der Waals surface area contributed by atoms with E-state index >= 15 is 0 Å². The van der Waals surface area contributed by atoms with Crippen LogP contribution in [0.15, 0.2) is 18.2 Å². The number of piperidine rings is 1. The van der Waals surface area contributed by atoms with Crippen molar-refractivity contribution in [1.82, 2.24) is 4.90 Å². The number of alkyl halides is 3. The van der Waals surface area contributed by atoms with Gasteiger partial charge in [-0.05, 0) is 37.5 Å². The van der Waals surface area contributed by atoms with E-state index in [2.05, 4.69) is 5.32 Å². The number of anilines is 1. The molecule has 0 spiro atoms. The first kappa shape index (κ1) is 22.0. The summed E-state index contributed by atoms with van der Waals surface area (Å²) in [5.41, 5.74) is -0.821. The van der Waals surface area contributed by atoms with E-state index in [1.54, 1.807) is 4.90 Å². The van der Waals surface area contributed by atoms with E-state index in [4.69, 9.17) is 4.74 Å². The van der Waals surface area contributed by atoms with Crippen LogP contribution >= 0.6 is 0 Å². The van der Waals surface area contributed by atoms with Gasteiger partial charge in [0.25, 0.3) is 0 Å². The summed E-state index contributed by atoms with van der Waals surface area (Å²) in [5, 5.41) is 2.60. The number of amides is 2. The lowest BCUT2D eigenvalue weighted by atomic mass is 9.95. The van der Waals surface area contributed by atoms with Gasteiger partial charge in [-0.3, -0.25) is 9.59 Å². The quantitative estimate of drug-likeness (QED) is 0.773. The van der Waals surface area contributed by atoms with Gasteiger partial charge in [0.05, 0.1) is 17.9 Å². The maximum Gasteiger partial charge on any atom is 0.416 e. The fourth-order valence-corrected chi connectivity index (χ4v) is 3.10. The Morgan fingerprint density at radius 1 is 1.25 bits per heavy atom. The molecule has 28 heavy (non-hydrogen) atoms. The highest BCUT2D eigenvalue weighted by Gasteiger charge is 2.32. The number of hydrogen-bond donors (Lipinski definition) is 1. The number of nitrogens with one attached hydrogen (secondary N) is 1. The van der Waals surface area contributed by atoms with E-state index < -0.39 is 11.7 Å². The van der Waals surface area contributed by atoms with Crippen molar-refractivity contribution in [3.05, 3.63) is 23.8 Å². The molecule has 0 aromatic heterocycles. The molecule has 156 valence electrons. The molecule has 1 fully saturated rings. The van der Waals surface area contributed by atoms with Crippen molar-refractivity contribution >= 4 is 17.5 Å². The van der Waals surface area contributed by atoms with Crippen LogP contribution in [0.2, 0.25) is 0 Å². The minimum Gasteiger partial charge on any atom is -0.491 e. The van der Waals surface area contributed by atoms with Gasteiger partial charge in [-0.1, -0.05) is 20.8 Å². The molecule has 8 heteroatoms. The normalized spacial score (nSPS) is 15.6. The van der Waals surface area contributed by atoms with Crippen molar-refractivity contribution in [2.45, 2.75) is 46.2 Å². The molecule has 1 saturated heterocycles. The molecule has 0 saturated carbocycles. The lowest BCUT2D eigenvalue weighted by Gasteiger charge is -2.32. The van der Waals surface area contributed by atoms with Crippen LogP contribution in [0, 0.1) is 11.8 Å². The van der Waals surface area contributed by atoms with Crippen molar-refractivity contribution in [3.63, 3.8) is 0 Å². The Morgan fingerprint density at radius 2 is 1.89 bits per heavy atom. The van der Waals surface area contributed by atoms with Gasteiger partial charge in [-0.25, -0.2) is 0 Å². The average molecular weight is 400 g/mol. The predicted octanol–water partition coefficient (Wildman–Crippen LogP) is 4.33. The molecule has 0 atom stereocenters. The van der Waals surface area contributed by atoms with Gasteiger partial charge in [0.2, 0.25) is 11.8 Å².